The number of hydrogen-bond acceptors (Lipinski definition) is 4. The van der Waals surface area contributed by atoms with Gasteiger partial charge in [-0.15, -0.1) is 0 Å². The molecule has 0 radical (unpaired) electrons. The van der Waals surface area contributed by atoms with Gasteiger partial charge in [-0.3, -0.25) is 4.72 Å². The molecule has 0 unspecified atom stereocenters. The van der Waals surface area contributed by atoms with Gasteiger partial charge >= 0.3 is 0 Å². The zero-order valence-electron chi connectivity index (χ0n) is 11.6. The molecule has 2 N–H and O–H groups in total. The molecule has 0 aliphatic heterocycles. The van der Waals surface area contributed by atoms with Crippen LogP contribution in [0.15, 0.2) is 39.9 Å². The summed E-state index contributed by atoms with van der Waals surface area (Å²) >= 11 is 1.39. The Balaban J connectivity index is 2.29. The summed E-state index contributed by atoms with van der Waals surface area (Å²) in [4.78, 5) is -0.0303. The van der Waals surface area contributed by atoms with Gasteiger partial charge in [0.15, 0.2) is 0 Å². The van der Waals surface area contributed by atoms with Crippen LogP contribution in [-0.2, 0) is 16.6 Å². The van der Waals surface area contributed by atoms with Gasteiger partial charge in [-0.2, -0.15) is 11.3 Å². The lowest BCUT2D eigenvalue weighted by molar-refractivity contribution is 0.589. The molecule has 0 aliphatic rings. The van der Waals surface area contributed by atoms with E-state index in [1.807, 2.05) is 6.92 Å². The first-order chi connectivity index (χ1) is 10.0. The lowest BCUT2D eigenvalue weighted by Gasteiger charge is -2.12. The van der Waals surface area contributed by atoms with Crippen molar-refractivity contribution in [3.8, 4) is 0 Å². The molecule has 0 spiro atoms. The average molecular weight is 328 g/mol. The Bertz CT molecular complexity index is 685. The molecule has 0 saturated heterocycles. The fourth-order valence-corrected chi connectivity index (χ4v) is 3.82. The van der Waals surface area contributed by atoms with Crippen molar-refractivity contribution < 1.29 is 12.8 Å². The highest BCUT2D eigenvalue weighted by atomic mass is 32.2. The summed E-state index contributed by atoms with van der Waals surface area (Å²) in [5.74, 6) is -0.570. The second-order valence-corrected chi connectivity index (χ2v) is 6.98. The zero-order chi connectivity index (χ0) is 15.3. The third-order valence-electron chi connectivity index (χ3n) is 2.83. The van der Waals surface area contributed by atoms with Crippen LogP contribution in [0.5, 0.6) is 0 Å². The summed E-state index contributed by atoms with van der Waals surface area (Å²) in [5.41, 5.74) is 1.03. The Hall–Kier alpha value is -1.44. The van der Waals surface area contributed by atoms with Gasteiger partial charge in [-0.25, -0.2) is 12.8 Å². The van der Waals surface area contributed by atoms with Crippen LogP contribution in [0.2, 0.25) is 0 Å². The Labute approximate surface area is 128 Å². The molecule has 1 aromatic carbocycles. The smallest absolute Gasteiger partial charge is 0.262 e. The van der Waals surface area contributed by atoms with E-state index in [9.17, 15) is 12.8 Å². The van der Waals surface area contributed by atoms with Crippen molar-refractivity contribution in [3.05, 3.63) is 46.4 Å². The molecule has 1 aromatic heterocycles. The van der Waals surface area contributed by atoms with Crippen LogP contribution in [0.1, 0.15) is 18.9 Å². The molecule has 4 nitrogen and oxygen atoms in total. The molecule has 0 saturated carbocycles. The highest BCUT2D eigenvalue weighted by molar-refractivity contribution is 7.92. The van der Waals surface area contributed by atoms with Gasteiger partial charge < -0.3 is 5.32 Å². The van der Waals surface area contributed by atoms with Crippen molar-refractivity contribution >= 4 is 27.0 Å². The van der Waals surface area contributed by atoms with Gasteiger partial charge in [0.2, 0.25) is 0 Å². The lowest BCUT2D eigenvalue weighted by atomic mass is 10.2. The SMILES string of the molecule is CCCNCc1ccc(F)cc1S(=O)(=O)Nc1ccsc1. The second-order valence-electron chi connectivity index (χ2n) is 4.55. The quantitative estimate of drug-likeness (QED) is 0.768. The highest BCUT2D eigenvalue weighted by Crippen LogP contribution is 2.22. The van der Waals surface area contributed by atoms with E-state index in [4.69, 9.17) is 0 Å². The van der Waals surface area contributed by atoms with Crippen LogP contribution in [0, 0.1) is 5.82 Å². The summed E-state index contributed by atoms with van der Waals surface area (Å²) in [6.45, 7) is 3.18. The van der Waals surface area contributed by atoms with E-state index in [0.29, 0.717) is 17.8 Å². The predicted octanol–water partition coefficient (Wildman–Crippen LogP) is 3.19. The Morgan fingerprint density at radius 2 is 2.10 bits per heavy atom. The second kappa shape index (κ2) is 7.02. The topological polar surface area (TPSA) is 58.2 Å². The zero-order valence-corrected chi connectivity index (χ0v) is 13.2. The van der Waals surface area contributed by atoms with Crippen molar-refractivity contribution in [1.29, 1.82) is 0 Å². The van der Waals surface area contributed by atoms with Crippen molar-refractivity contribution in [2.24, 2.45) is 0 Å². The fourth-order valence-electron chi connectivity index (χ4n) is 1.86. The summed E-state index contributed by atoms with van der Waals surface area (Å²) in [6, 6.07) is 5.49. The molecule has 0 atom stereocenters. The molecule has 0 bridgehead atoms. The molecule has 0 aliphatic carbocycles. The van der Waals surface area contributed by atoms with Gasteiger partial charge in [0, 0.05) is 11.9 Å². The van der Waals surface area contributed by atoms with Crippen molar-refractivity contribution in [3.63, 3.8) is 0 Å². The van der Waals surface area contributed by atoms with E-state index in [1.54, 1.807) is 16.8 Å². The largest absolute Gasteiger partial charge is 0.313 e. The van der Waals surface area contributed by atoms with Gasteiger partial charge in [0.1, 0.15) is 5.82 Å². The van der Waals surface area contributed by atoms with Crippen LogP contribution in [0.25, 0.3) is 0 Å². The molecule has 7 heteroatoms. The van der Waals surface area contributed by atoms with E-state index in [-0.39, 0.29) is 4.90 Å². The number of hydrogen-bond donors (Lipinski definition) is 2. The monoisotopic (exact) mass is 328 g/mol. The third kappa shape index (κ3) is 4.26. The van der Waals surface area contributed by atoms with E-state index in [1.165, 1.54) is 23.5 Å². The maximum absolute atomic E-state index is 13.4. The number of thiophene rings is 1. The summed E-state index contributed by atoms with van der Waals surface area (Å²) in [5, 5.41) is 6.59. The minimum Gasteiger partial charge on any atom is -0.313 e. The Kier molecular flexibility index (Phi) is 5.33. The minimum atomic E-state index is -3.80. The molecule has 1 heterocycles. The van der Waals surface area contributed by atoms with Crippen molar-refractivity contribution in [1.82, 2.24) is 5.32 Å². The lowest BCUT2D eigenvalue weighted by Crippen LogP contribution is -2.19. The van der Waals surface area contributed by atoms with Crippen LogP contribution in [-0.4, -0.2) is 15.0 Å². The van der Waals surface area contributed by atoms with E-state index < -0.39 is 15.8 Å². The van der Waals surface area contributed by atoms with Gasteiger partial charge in [-0.05, 0) is 42.1 Å². The van der Waals surface area contributed by atoms with Gasteiger partial charge in [0.25, 0.3) is 10.0 Å². The number of halogens is 1. The maximum Gasteiger partial charge on any atom is 0.262 e. The Morgan fingerprint density at radius 1 is 1.29 bits per heavy atom. The van der Waals surface area contributed by atoms with E-state index in [0.717, 1.165) is 19.0 Å². The molecule has 0 fully saturated rings. The predicted molar refractivity (Wildman–Crippen MR) is 83.5 cm³/mol. The molecule has 2 aromatic rings. The molecule has 21 heavy (non-hydrogen) atoms. The van der Waals surface area contributed by atoms with Crippen LogP contribution >= 0.6 is 11.3 Å². The van der Waals surface area contributed by atoms with E-state index >= 15 is 0 Å². The summed E-state index contributed by atoms with van der Waals surface area (Å²) in [7, 11) is -3.80. The van der Waals surface area contributed by atoms with Crippen LogP contribution in [0.4, 0.5) is 10.1 Å². The molecular weight excluding hydrogens is 311 g/mol. The summed E-state index contributed by atoms with van der Waals surface area (Å²) in [6.07, 6.45) is 0.941. The maximum atomic E-state index is 13.4. The van der Waals surface area contributed by atoms with Crippen LogP contribution < -0.4 is 10.0 Å². The molecule has 0 amide bonds. The number of nitrogens with one attached hydrogen (secondary N) is 2. The fraction of sp³-hybridized carbons (Fsp3) is 0.286. The normalized spacial score (nSPS) is 11.5. The van der Waals surface area contributed by atoms with Crippen molar-refractivity contribution in [2.75, 3.05) is 11.3 Å². The minimum absolute atomic E-state index is 0.0303. The number of sulfonamides is 1. The number of anilines is 1. The van der Waals surface area contributed by atoms with Crippen LogP contribution in [0.3, 0.4) is 0 Å². The Morgan fingerprint density at radius 3 is 2.76 bits per heavy atom. The molecule has 114 valence electrons. The number of rotatable bonds is 7. The average Bonchev–Trinajstić information content (AvgIpc) is 2.92. The number of benzene rings is 1. The summed E-state index contributed by atoms with van der Waals surface area (Å²) < 4.78 is 40.7. The standard InChI is InChI=1S/C14H17FN2O2S2/c1-2-6-16-9-11-3-4-12(15)8-14(11)21(18,19)17-13-5-7-20-10-13/h3-5,7-8,10,16-17H,2,6,9H2,1H3. The van der Waals surface area contributed by atoms with Gasteiger partial charge in [-0.1, -0.05) is 13.0 Å². The first-order valence-electron chi connectivity index (χ1n) is 6.57. The van der Waals surface area contributed by atoms with Crippen molar-refractivity contribution in [2.45, 2.75) is 24.8 Å². The molecular formula is C14H17FN2O2S2. The molecule has 2 rings (SSSR count). The van der Waals surface area contributed by atoms with Gasteiger partial charge in [0.05, 0.1) is 10.6 Å². The van der Waals surface area contributed by atoms with E-state index in [2.05, 4.69) is 10.0 Å². The first kappa shape index (κ1) is 15.9. The third-order valence-corrected chi connectivity index (χ3v) is 4.98. The first-order valence-corrected chi connectivity index (χ1v) is 8.99. The highest BCUT2D eigenvalue weighted by Gasteiger charge is 2.19.